The molecule has 0 aliphatic carbocycles. The van der Waals surface area contributed by atoms with Gasteiger partial charge >= 0.3 is 0 Å². The average Bonchev–Trinajstić information content (AvgIpc) is 2.43. The Morgan fingerprint density at radius 3 is 2.33 bits per heavy atom. The highest BCUT2D eigenvalue weighted by Gasteiger charge is 2.18. The molecule has 0 saturated heterocycles. The molecule has 2 rings (SSSR count). The molecule has 0 bridgehead atoms. The summed E-state index contributed by atoms with van der Waals surface area (Å²) >= 11 is 0. The van der Waals surface area contributed by atoms with Gasteiger partial charge in [0.15, 0.2) is 17.3 Å². The highest BCUT2D eigenvalue weighted by Crippen LogP contribution is 2.31. The fourth-order valence-corrected chi connectivity index (χ4v) is 2.57. The monoisotopic (exact) mass is 310 g/mol. The summed E-state index contributed by atoms with van der Waals surface area (Å²) in [6, 6.07) is 9.93. The summed E-state index contributed by atoms with van der Waals surface area (Å²) in [5.41, 5.74) is 5.90. The lowest BCUT2D eigenvalue weighted by molar-refractivity contribution is 0.443. The fraction of sp³-hybridized carbons (Fsp3) is 0.143. The molecule has 7 heteroatoms. The molecule has 0 unspecified atom stereocenters. The summed E-state index contributed by atoms with van der Waals surface area (Å²) in [5, 5.41) is 0. The van der Waals surface area contributed by atoms with Gasteiger partial charge in [-0.1, -0.05) is 12.1 Å². The fourth-order valence-electron chi connectivity index (χ4n) is 1.64. The van der Waals surface area contributed by atoms with Gasteiger partial charge in [0.05, 0.1) is 10.6 Å². The second-order valence-electron chi connectivity index (χ2n) is 4.52. The van der Waals surface area contributed by atoms with Crippen molar-refractivity contribution in [2.75, 3.05) is 19.8 Å². The van der Waals surface area contributed by atoms with E-state index in [1.807, 2.05) is 0 Å². The van der Waals surface area contributed by atoms with Gasteiger partial charge in [-0.3, -0.25) is 0 Å². The molecule has 2 N–H and O–H groups in total. The van der Waals surface area contributed by atoms with E-state index in [-0.39, 0.29) is 22.1 Å². The maximum absolute atomic E-state index is 13.5. The van der Waals surface area contributed by atoms with Crippen LogP contribution in [0.3, 0.4) is 0 Å². The molecule has 0 atom stereocenters. The molecule has 0 amide bonds. The number of hydrogen-bond donors (Lipinski definition) is 1. The Balaban J connectivity index is 2.35. The van der Waals surface area contributed by atoms with Crippen LogP contribution < -0.4 is 10.5 Å². The number of para-hydroxylation sites is 1. The first-order valence-corrected chi connectivity index (χ1v) is 7.51. The Kier molecular flexibility index (Phi) is 4.15. The highest BCUT2D eigenvalue weighted by atomic mass is 32.2. The van der Waals surface area contributed by atoms with Gasteiger partial charge in [-0.05, 0) is 30.3 Å². The average molecular weight is 310 g/mol. The molecular weight excluding hydrogens is 295 g/mol. The maximum Gasteiger partial charge on any atom is 0.242 e. The Labute approximate surface area is 122 Å². The summed E-state index contributed by atoms with van der Waals surface area (Å²) in [7, 11) is -0.722. The van der Waals surface area contributed by atoms with Crippen LogP contribution in [0, 0.1) is 5.82 Å². The molecule has 0 radical (unpaired) electrons. The second-order valence-corrected chi connectivity index (χ2v) is 6.67. The van der Waals surface area contributed by atoms with E-state index < -0.39 is 15.8 Å². The number of benzene rings is 2. The predicted molar refractivity (Wildman–Crippen MR) is 78.2 cm³/mol. The van der Waals surface area contributed by atoms with Crippen molar-refractivity contribution in [2.24, 2.45) is 0 Å². The van der Waals surface area contributed by atoms with Gasteiger partial charge in [-0.25, -0.2) is 17.1 Å². The molecule has 0 aromatic heterocycles. The molecule has 0 heterocycles. The first-order valence-electron chi connectivity index (χ1n) is 6.07. The van der Waals surface area contributed by atoms with Crippen molar-refractivity contribution >= 4 is 15.7 Å². The number of ether oxygens (including phenoxy) is 1. The Morgan fingerprint density at radius 1 is 1.10 bits per heavy atom. The van der Waals surface area contributed by atoms with Crippen LogP contribution >= 0.6 is 0 Å². The summed E-state index contributed by atoms with van der Waals surface area (Å²) in [4.78, 5) is 0.0471. The predicted octanol–water partition coefficient (Wildman–Crippen LogP) is 2.45. The van der Waals surface area contributed by atoms with Crippen LogP contribution in [0.2, 0.25) is 0 Å². The molecular formula is C14H15FN2O3S. The van der Waals surface area contributed by atoms with Crippen LogP contribution in [-0.4, -0.2) is 26.8 Å². The quantitative estimate of drug-likeness (QED) is 0.880. The van der Waals surface area contributed by atoms with E-state index >= 15 is 0 Å². The Bertz CT molecular complexity index is 761. The SMILES string of the molecule is CN(C)S(=O)(=O)c1ccc(Oc2ccccc2F)c(N)c1. The van der Waals surface area contributed by atoms with E-state index in [9.17, 15) is 12.8 Å². The maximum atomic E-state index is 13.5. The van der Waals surface area contributed by atoms with Gasteiger partial charge in [0.2, 0.25) is 10.0 Å². The zero-order chi connectivity index (χ0) is 15.6. The van der Waals surface area contributed by atoms with Gasteiger partial charge in [0, 0.05) is 14.1 Å². The van der Waals surface area contributed by atoms with Crippen molar-refractivity contribution in [2.45, 2.75) is 4.90 Å². The van der Waals surface area contributed by atoms with Crippen molar-refractivity contribution in [3.63, 3.8) is 0 Å². The third kappa shape index (κ3) is 3.14. The van der Waals surface area contributed by atoms with Gasteiger partial charge in [-0.15, -0.1) is 0 Å². The molecule has 0 aliphatic heterocycles. The summed E-state index contributed by atoms with van der Waals surface area (Å²) < 4.78 is 43.9. The van der Waals surface area contributed by atoms with Crippen molar-refractivity contribution in [3.05, 3.63) is 48.3 Å². The van der Waals surface area contributed by atoms with E-state index in [1.54, 1.807) is 6.07 Å². The summed E-state index contributed by atoms with van der Waals surface area (Å²) in [6.45, 7) is 0. The van der Waals surface area contributed by atoms with E-state index in [0.29, 0.717) is 0 Å². The van der Waals surface area contributed by atoms with Gasteiger partial charge in [-0.2, -0.15) is 0 Å². The van der Waals surface area contributed by atoms with Gasteiger partial charge < -0.3 is 10.5 Å². The lowest BCUT2D eigenvalue weighted by Gasteiger charge is -2.14. The zero-order valence-electron chi connectivity index (χ0n) is 11.6. The normalized spacial score (nSPS) is 11.6. The number of nitrogens with two attached hydrogens (primary N) is 1. The smallest absolute Gasteiger partial charge is 0.242 e. The first kappa shape index (κ1) is 15.3. The molecule has 21 heavy (non-hydrogen) atoms. The van der Waals surface area contributed by atoms with E-state index in [4.69, 9.17) is 10.5 Å². The van der Waals surface area contributed by atoms with Crippen LogP contribution in [0.15, 0.2) is 47.4 Å². The molecule has 0 saturated carbocycles. The number of nitrogen functional groups attached to an aromatic ring is 1. The van der Waals surface area contributed by atoms with Crippen LogP contribution in [0.1, 0.15) is 0 Å². The van der Waals surface area contributed by atoms with Crippen molar-refractivity contribution in [1.82, 2.24) is 4.31 Å². The minimum atomic E-state index is -3.57. The Morgan fingerprint density at radius 2 is 1.76 bits per heavy atom. The van der Waals surface area contributed by atoms with Crippen molar-refractivity contribution in [3.8, 4) is 11.5 Å². The molecule has 2 aromatic rings. The van der Waals surface area contributed by atoms with Gasteiger partial charge in [0.25, 0.3) is 0 Å². The number of halogens is 1. The number of hydrogen-bond acceptors (Lipinski definition) is 4. The lowest BCUT2D eigenvalue weighted by Crippen LogP contribution is -2.22. The molecule has 0 spiro atoms. The topological polar surface area (TPSA) is 72.6 Å². The molecule has 0 aliphatic rings. The van der Waals surface area contributed by atoms with Gasteiger partial charge in [0.1, 0.15) is 0 Å². The molecule has 5 nitrogen and oxygen atoms in total. The summed E-state index contributed by atoms with van der Waals surface area (Å²) in [5.74, 6) is -0.313. The van der Waals surface area contributed by atoms with E-state index in [2.05, 4.69) is 0 Å². The minimum absolute atomic E-state index is 0.0208. The molecule has 0 fully saturated rings. The van der Waals surface area contributed by atoms with Crippen molar-refractivity contribution in [1.29, 1.82) is 0 Å². The first-order chi connectivity index (χ1) is 9.82. The van der Waals surface area contributed by atoms with E-state index in [0.717, 1.165) is 4.31 Å². The third-order valence-electron chi connectivity index (χ3n) is 2.82. The van der Waals surface area contributed by atoms with Crippen LogP contribution in [0.5, 0.6) is 11.5 Å². The lowest BCUT2D eigenvalue weighted by atomic mass is 10.3. The second kappa shape index (κ2) is 5.71. The third-order valence-corrected chi connectivity index (χ3v) is 4.63. The number of sulfonamides is 1. The van der Waals surface area contributed by atoms with Crippen LogP contribution in [0.25, 0.3) is 0 Å². The van der Waals surface area contributed by atoms with E-state index in [1.165, 1.54) is 50.5 Å². The zero-order valence-corrected chi connectivity index (χ0v) is 12.4. The molecule has 112 valence electrons. The standard InChI is InChI=1S/C14H15FN2O3S/c1-17(2)21(18,19)10-7-8-14(12(16)9-10)20-13-6-4-3-5-11(13)15/h3-9H,16H2,1-2H3. The van der Waals surface area contributed by atoms with Crippen molar-refractivity contribution < 1.29 is 17.5 Å². The number of rotatable bonds is 4. The molecule has 2 aromatic carbocycles. The minimum Gasteiger partial charge on any atom is -0.452 e. The highest BCUT2D eigenvalue weighted by molar-refractivity contribution is 7.89. The summed E-state index contributed by atoms with van der Waals surface area (Å²) in [6.07, 6.45) is 0. The number of nitrogens with zero attached hydrogens (tertiary/aromatic N) is 1. The number of anilines is 1. The Hall–Kier alpha value is -2.12. The largest absolute Gasteiger partial charge is 0.452 e. The van der Waals surface area contributed by atoms with Crippen LogP contribution in [0.4, 0.5) is 10.1 Å². The van der Waals surface area contributed by atoms with Crippen LogP contribution in [-0.2, 0) is 10.0 Å².